The van der Waals surface area contributed by atoms with E-state index in [4.69, 9.17) is 32.7 Å². The van der Waals surface area contributed by atoms with Crippen LogP contribution in [0.1, 0.15) is 19.8 Å². The molecule has 0 radical (unpaired) electrons. The van der Waals surface area contributed by atoms with Gasteiger partial charge in [-0.1, -0.05) is 42.6 Å². The van der Waals surface area contributed by atoms with Gasteiger partial charge in [0.1, 0.15) is 11.5 Å². The number of unbranched alkanes of at least 4 members (excludes halogenated alkanes) is 1. The van der Waals surface area contributed by atoms with Crippen molar-refractivity contribution in [3.8, 4) is 11.5 Å². The number of amides is 1. The normalized spacial score (nSPS) is 10.2. The van der Waals surface area contributed by atoms with E-state index in [0.29, 0.717) is 23.1 Å². The molecule has 2 aromatic carbocycles. The largest absolute Gasteiger partial charge is 0.494 e. The summed E-state index contributed by atoms with van der Waals surface area (Å²) in [5, 5.41) is 3.18. The molecule has 2 rings (SSSR count). The molecule has 0 fully saturated rings. The van der Waals surface area contributed by atoms with E-state index in [2.05, 4.69) is 12.2 Å². The molecule has 2 aromatic rings. The van der Waals surface area contributed by atoms with Crippen LogP contribution < -0.4 is 14.8 Å². The Morgan fingerprint density at radius 2 is 1.78 bits per heavy atom. The molecule has 0 unspecified atom stereocenters. The van der Waals surface area contributed by atoms with Gasteiger partial charge in [-0.05, 0) is 42.8 Å². The maximum atomic E-state index is 11.9. The Morgan fingerprint density at radius 1 is 1.09 bits per heavy atom. The van der Waals surface area contributed by atoms with Crippen LogP contribution in [0.5, 0.6) is 11.5 Å². The Hall–Kier alpha value is -1.91. The van der Waals surface area contributed by atoms with Gasteiger partial charge in [-0.15, -0.1) is 0 Å². The lowest BCUT2D eigenvalue weighted by molar-refractivity contribution is 0.215. The Bertz CT molecular complexity index is 659. The average molecular weight is 354 g/mol. The van der Waals surface area contributed by atoms with Gasteiger partial charge in [0, 0.05) is 0 Å². The minimum absolute atomic E-state index is 0.269. The lowest BCUT2D eigenvalue weighted by Gasteiger charge is -2.09. The van der Waals surface area contributed by atoms with Crippen LogP contribution in [0.15, 0.2) is 42.5 Å². The van der Waals surface area contributed by atoms with Crippen LogP contribution in [0, 0.1) is 0 Å². The molecule has 0 aliphatic carbocycles. The second-order valence-electron chi connectivity index (χ2n) is 4.79. The number of ether oxygens (including phenoxy) is 2. The first-order valence-corrected chi connectivity index (χ1v) is 8.01. The van der Waals surface area contributed by atoms with Crippen LogP contribution in [-0.4, -0.2) is 12.7 Å². The van der Waals surface area contributed by atoms with Gasteiger partial charge in [-0.3, -0.25) is 5.32 Å². The summed E-state index contributed by atoms with van der Waals surface area (Å²) in [6.07, 6.45) is 1.43. The van der Waals surface area contributed by atoms with Gasteiger partial charge in [0.2, 0.25) is 0 Å². The number of hydrogen-bond acceptors (Lipinski definition) is 3. The fraction of sp³-hybridized carbons (Fsp3) is 0.235. The van der Waals surface area contributed by atoms with E-state index in [-0.39, 0.29) is 5.02 Å². The fourth-order valence-corrected chi connectivity index (χ4v) is 2.13. The van der Waals surface area contributed by atoms with Crippen molar-refractivity contribution in [3.63, 3.8) is 0 Å². The highest BCUT2D eigenvalue weighted by Gasteiger charge is 2.10. The van der Waals surface area contributed by atoms with Crippen molar-refractivity contribution in [2.24, 2.45) is 0 Å². The fourth-order valence-electron chi connectivity index (χ4n) is 1.78. The first-order chi connectivity index (χ1) is 11.1. The molecule has 0 saturated heterocycles. The SMILES string of the molecule is CCCCOc1ccc(OC(=O)Nc2cccc(Cl)c2Cl)cc1. The first kappa shape index (κ1) is 17.4. The molecule has 122 valence electrons. The molecule has 0 bridgehead atoms. The van der Waals surface area contributed by atoms with Gasteiger partial charge in [-0.2, -0.15) is 0 Å². The maximum absolute atomic E-state index is 11.9. The molecular formula is C17H17Cl2NO3. The highest BCUT2D eigenvalue weighted by molar-refractivity contribution is 6.43. The van der Waals surface area contributed by atoms with Crippen molar-refractivity contribution in [3.05, 3.63) is 52.5 Å². The predicted molar refractivity (Wildman–Crippen MR) is 93.0 cm³/mol. The van der Waals surface area contributed by atoms with Crippen molar-refractivity contribution in [1.82, 2.24) is 0 Å². The molecule has 0 heterocycles. The molecule has 1 N–H and O–H groups in total. The van der Waals surface area contributed by atoms with Crippen molar-refractivity contribution in [2.75, 3.05) is 11.9 Å². The highest BCUT2D eigenvalue weighted by Crippen LogP contribution is 2.29. The zero-order valence-corrected chi connectivity index (χ0v) is 14.2. The van der Waals surface area contributed by atoms with Crippen LogP contribution in [0.2, 0.25) is 10.0 Å². The standard InChI is InChI=1S/C17H17Cl2NO3/c1-2-3-11-22-12-7-9-13(10-8-12)23-17(21)20-15-6-4-5-14(18)16(15)19/h4-10H,2-3,11H2,1H3,(H,20,21). The number of halogens is 2. The lowest BCUT2D eigenvalue weighted by Crippen LogP contribution is -2.17. The average Bonchev–Trinajstić information content (AvgIpc) is 2.54. The number of rotatable bonds is 6. The van der Waals surface area contributed by atoms with Gasteiger partial charge < -0.3 is 9.47 Å². The molecule has 1 amide bonds. The van der Waals surface area contributed by atoms with Crippen molar-refractivity contribution < 1.29 is 14.3 Å². The summed E-state index contributed by atoms with van der Waals surface area (Å²) in [5.74, 6) is 1.15. The van der Waals surface area contributed by atoms with Gasteiger partial charge in [0.05, 0.1) is 22.3 Å². The zero-order valence-electron chi connectivity index (χ0n) is 12.6. The van der Waals surface area contributed by atoms with E-state index in [0.717, 1.165) is 18.6 Å². The van der Waals surface area contributed by atoms with Crippen LogP contribution in [-0.2, 0) is 0 Å². The molecule has 0 spiro atoms. The van der Waals surface area contributed by atoms with Crippen molar-refractivity contribution in [1.29, 1.82) is 0 Å². The molecule has 0 saturated carbocycles. The van der Waals surface area contributed by atoms with Crippen LogP contribution in [0.25, 0.3) is 0 Å². The zero-order chi connectivity index (χ0) is 16.7. The number of hydrogen-bond donors (Lipinski definition) is 1. The molecule has 4 nitrogen and oxygen atoms in total. The monoisotopic (exact) mass is 353 g/mol. The van der Waals surface area contributed by atoms with E-state index in [1.54, 1.807) is 42.5 Å². The number of carbonyl (C=O) groups excluding carboxylic acids is 1. The summed E-state index contributed by atoms with van der Waals surface area (Å²) in [6, 6.07) is 11.8. The Labute approximate surface area is 145 Å². The van der Waals surface area contributed by atoms with Crippen LogP contribution >= 0.6 is 23.2 Å². The summed E-state index contributed by atoms with van der Waals surface area (Å²) in [4.78, 5) is 11.9. The lowest BCUT2D eigenvalue weighted by atomic mass is 10.3. The van der Waals surface area contributed by atoms with Gasteiger partial charge in [-0.25, -0.2) is 4.79 Å². The molecule has 0 atom stereocenters. The van der Waals surface area contributed by atoms with Gasteiger partial charge >= 0.3 is 6.09 Å². The quantitative estimate of drug-likeness (QED) is 0.669. The molecule has 0 aliphatic heterocycles. The van der Waals surface area contributed by atoms with Crippen LogP contribution in [0.3, 0.4) is 0 Å². The van der Waals surface area contributed by atoms with E-state index in [9.17, 15) is 4.79 Å². The van der Waals surface area contributed by atoms with Crippen molar-refractivity contribution in [2.45, 2.75) is 19.8 Å². The topological polar surface area (TPSA) is 47.6 Å². The third kappa shape index (κ3) is 5.34. The molecule has 0 aliphatic rings. The number of nitrogens with one attached hydrogen (secondary N) is 1. The molecule has 23 heavy (non-hydrogen) atoms. The van der Waals surface area contributed by atoms with E-state index in [1.165, 1.54) is 0 Å². The van der Waals surface area contributed by atoms with E-state index in [1.807, 2.05) is 0 Å². The minimum atomic E-state index is -0.645. The van der Waals surface area contributed by atoms with Crippen molar-refractivity contribution >= 4 is 35.0 Å². The third-order valence-electron chi connectivity index (χ3n) is 2.99. The van der Waals surface area contributed by atoms with E-state index < -0.39 is 6.09 Å². The number of benzene rings is 2. The van der Waals surface area contributed by atoms with Gasteiger partial charge in [0.25, 0.3) is 0 Å². The molecular weight excluding hydrogens is 337 g/mol. The Morgan fingerprint density at radius 3 is 2.48 bits per heavy atom. The second kappa shape index (κ2) is 8.65. The highest BCUT2D eigenvalue weighted by atomic mass is 35.5. The molecule has 0 aromatic heterocycles. The Balaban J connectivity index is 1.91. The predicted octanol–water partition coefficient (Wildman–Crippen LogP) is 5.78. The first-order valence-electron chi connectivity index (χ1n) is 7.26. The summed E-state index contributed by atoms with van der Waals surface area (Å²) in [7, 11) is 0. The second-order valence-corrected chi connectivity index (χ2v) is 5.57. The minimum Gasteiger partial charge on any atom is -0.494 e. The molecule has 6 heteroatoms. The van der Waals surface area contributed by atoms with Crippen LogP contribution in [0.4, 0.5) is 10.5 Å². The maximum Gasteiger partial charge on any atom is 0.417 e. The summed E-state index contributed by atoms with van der Waals surface area (Å²) in [6.45, 7) is 2.77. The van der Waals surface area contributed by atoms with E-state index >= 15 is 0 Å². The van der Waals surface area contributed by atoms with Gasteiger partial charge in [0.15, 0.2) is 0 Å². The Kier molecular flexibility index (Phi) is 6.56. The number of anilines is 1. The number of carbonyl (C=O) groups is 1. The summed E-state index contributed by atoms with van der Waals surface area (Å²) in [5.41, 5.74) is 0.392. The summed E-state index contributed by atoms with van der Waals surface area (Å²) < 4.78 is 10.7. The smallest absolute Gasteiger partial charge is 0.417 e. The summed E-state index contributed by atoms with van der Waals surface area (Å²) >= 11 is 11.9. The third-order valence-corrected chi connectivity index (χ3v) is 3.81.